The van der Waals surface area contributed by atoms with E-state index in [0.29, 0.717) is 17.8 Å². The molecule has 6 rings (SSSR count). The molecule has 3 aliphatic carbocycles. The quantitative estimate of drug-likeness (QED) is 0.170. The summed E-state index contributed by atoms with van der Waals surface area (Å²) in [6.45, 7) is 13.5. The first-order valence-corrected chi connectivity index (χ1v) is 20.8. The molecule has 0 aliphatic heterocycles. The Hall–Kier alpha value is -1.59. The average Bonchev–Trinajstić information content (AvgIpc) is 2.98. The van der Waals surface area contributed by atoms with Crippen LogP contribution in [-0.2, 0) is 16.2 Å². The van der Waals surface area contributed by atoms with E-state index in [0.717, 1.165) is 34.3 Å². The largest absolute Gasteiger partial charge is 0.327 e. The number of benzene rings is 3. The maximum atomic E-state index is 6.45. The minimum atomic E-state index is 0. The van der Waals surface area contributed by atoms with Crippen molar-refractivity contribution in [3.05, 3.63) is 105 Å². The fraction of sp³-hybridized carbons (Fsp3) is 0.633. The van der Waals surface area contributed by atoms with E-state index >= 15 is 0 Å². The smallest absolute Gasteiger partial charge is 0.0406 e. The molecule has 0 spiro atoms. The Kier molecular flexibility index (Phi) is 23.0. The summed E-state index contributed by atoms with van der Waals surface area (Å²) in [7, 11) is 0. The summed E-state index contributed by atoms with van der Waals surface area (Å²) in [6, 6.07) is 25.7. The van der Waals surface area contributed by atoms with Crippen LogP contribution in [-0.4, -0.2) is 18.1 Å². The van der Waals surface area contributed by atoms with Crippen molar-refractivity contribution in [1.29, 1.82) is 0 Å². The molecule has 0 radical (unpaired) electrons. The second-order valence-electron chi connectivity index (χ2n) is 17.3. The Bertz CT molecular complexity index is 1280. The minimum absolute atomic E-state index is 0. The molecule has 1 unspecified atom stereocenters. The van der Waals surface area contributed by atoms with E-state index in [9.17, 15) is 0 Å². The van der Waals surface area contributed by atoms with Crippen molar-refractivity contribution in [3.63, 3.8) is 0 Å². The van der Waals surface area contributed by atoms with Crippen molar-refractivity contribution in [3.8, 4) is 0 Å². The molecule has 0 aromatic heterocycles. The van der Waals surface area contributed by atoms with Gasteiger partial charge in [-0.3, -0.25) is 0 Å². The van der Waals surface area contributed by atoms with Gasteiger partial charge in [-0.1, -0.05) is 162 Å². The highest BCUT2D eigenvalue weighted by atomic mass is 35.5. The molecule has 0 saturated heterocycles. The van der Waals surface area contributed by atoms with E-state index in [1.807, 2.05) is 36.4 Å². The number of hydrogen-bond donors (Lipinski definition) is 3. The molecule has 3 aliphatic rings. The molecule has 3 aromatic rings. The molecule has 3 aromatic carbocycles. The summed E-state index contributed by atoms with van der Waals surface area (Å²) in [6.07, 6.45) is 14.5. The molecule has 3 saturated carbocycles. The monoisotopic (exact) mass is 818 g/mol. The zero-order valence-corrected chi connectivity index (χ0v) is 34.5. The molecule has 0 heterocycles. The lowest BCUT2D eigenvalue weighted by atomic mass is 9.59. The van der Waals surface area contributed by atoms with Crippen molar-refractivity contribution in [1.82, 2.24) is 0 Å². The van der Waals surface area contributed by atoms with Crippen molar-refractivity contribution < 1.29 is 0 Å². The van der Waals surface area contributed by atoms with E-state index in [-0.39, 0.29) is 64.1 Å². The molecular formula is C49H82Cl3N3. The molecule has 0 amide bonds. The van der Waals surface area contributed by atoms with Crippen molar-refractivity contribution in [2.24, 2.45) is 35.0 Å². The maximum Gasteiger partial charge on any atom is 0.0406 e. The zero-order valence-electron chi connectivity index (χ0n) is 32.2. The van der Waals surface area contributed by atoms with Crippen molar-refractivity contribution >= 4 is 34.8 Å². The van der Waals surface area contributed by atoms with Gasteiger partial charge in [-0.15, -0.1) is 0 Å². The molecule has 6 N–H and O–H groups in total. The SMILES string of the molecule is C.C.C.C.CC(C)CC(N)C1(c2ccc(Cl)cc2)CCC1.CC(C)C[C@@H](N)C1(c2ccc(Cl)cc2)CCC1.CC(C)C[C@@H](N)C1(c2ccc(Cl)cc2)CCC1. The van der Waals surface area contributed by atoms with E-state index in [1.165, 1.54) is 74.5 Å². The van der Waals surface area contributed by atoms with Crippen LogP contribution in [0.1, 0.15) is 165 Å². The molecule has 6 heteroatoms. The molecular weight excluding hydrogens is 737 g/mol. The van der Waals surface area contributed by atoms with Gasteiger partial charge >= 0.3 is 0 Å². The van der Waals surface area contributed by atoms with Gasteiger partial charge in [-0.05, 0) is 129 Å². The molecule has 3 nitrogen and oxygen atoms in total. The van der Waals surface area contributed by atoms with E-state index in [4.69, 9.17) is 52.0 Å². The second kappa shape index (κ2) is 23.7. The van der Waals surface area contributed by atoms with Gasteiger partial charge in [0.1, 0.15) is 0 Å². The predicted octanol–water partition coefficient (Wildman–Crippen LogP) is 14.9. The van der Waals surface area contributed by atoms with Gasteiger partial charge in [-0.25, -0.2) is 0 Å². The molecule has 0 bridgehead atoms. The fourth-order valence-corrected chi connectivity index (χ4v) is 9.22. The van der Waals surface area contributed by atoms with Crippen LogP contribution in [0.15, 0.2) is 72.8 Å². The topological polar surface area (TPSA) is 78.1 Å². The maximum absolute atomic E-state index is 6.45. The van der Waals surface area contributed by atoms with Crippen LogP contribution in [0.25, 0.3) is 0 Å². The van der Waals surface area contributed by atoms with Crippen LogP contribution >= 0.6 is 34.8 Å². The highest BCUT2D eigenvalue weighted by Crippen LogP contribution is 2.49. The highest BCUT2D eigenvalue weighted by molar-refractivity contribution is 6.31. The second-order valence-corrected chi connectivity index (χ2v) is 18.6. The summed E-state index contributed by atoms with van der Waals surface area (Å²) in [5.41, 5.74) is 24.1. The van der Waals surface area contributed by atoms with E-state index in [1.54, 1.807) is 0 Å². The lowest BCUT2D eigenvalue weighted by Gasteiger charge is -2.47. The van der Waals surface area contributed by atoms with Crippen LogP contribution < -0.4 is 17.2 Å². The van der Waals surface area contributed by atoms with Crippen LogP contribution in [0.3, 0.4) is 0 Å². The van der Waals surface area contributed by atoms with Crippen LogP contribution in [0.2, 0.25) is 15.1 Å². The van der Waals surface area contributed by atoms with Gasteiger partial charge in [0.15, 0.2) is 0 Å². The first-order chi connectivity index (χ1) is 24.1. The van der Waals surface area contributed by atoms with Gasteiger partial charge in [0.2, 0.25) is 0 Å². The van der Waals surface area contributed by atoms with Gasteiger partial charge in [-0.2, -0.15) is 0 Å². The lowest BCUT2D eigenvalue weighted by molar-refractivity contribution is 0.178. The standard InChI is InChI=1S/3C15H22ClN.4CH4/c3*1-11(2)10-14(17)15(8-3-9-15)12-4-6-13(16)7-5-12;;;;/h3*4-7,11,14H,3,8-10,17H2,1-2H3;4*1H4/t2*14-;;;;;/m11...../s1. The molecule has 55 heavy (non-hydrogen) atoms. The van der Waals surface area contributed by atoms with Crippen molar-refractivity contribution in [2.75, 3.05) is 0 Å². The minimum Gasteiger partial charge on any atom is -0.327 e. The van der Waals surface area contributed by atoms with Crippen molar-refractivity contribution in [2.45, 2.75) is 183 Å². The first-order valence-electron chi connectivity index (χ1n) is 19.7. The third-order valence-electron chi connectivity index (χ3n) is 12.3. The predicted molar refractivity (Wildman–Crippen MR) is 250 cm³/mol. The number of nitrogens with two attached hydrogens (primary N) is 3. The Morgan fingerprint density at radius 1 is 0.400 bits per heavy atom. The third kappa shape index (κ3) is 13.2. The molecule has 3 atom stereocenters. The van der Waals surface area contributed by atoms with Crippen LogP contribution in [0.5, 0.6) is 0 Å². The van der Waals surface area contributed by atoms with E-state index in [2.05, 4.69) is 77.9 Å². The van der Waals surface area contributed by atoms with Gasteiger partial charge in [0, 0.05) is 49.4 Å². The van der Waals surface area contributed by atoms with Crippen LogP contribution in [0.4, 0.5) is 0 Å². The summed E-state index contributed by atoms with van der Waals surface area (Å²) >= 11 is 17.9. The molecule has 314 valence electrons. The number of rotatable bonds is 12. The van der Waals surface area contributed by atoms with Gasteiger partial charge < -0.3 is 17.2 Å². The first kappa shape index (κ1) is 53.4. The highest BCUT2D eigenvalue weighted by Gasteiger charge is 2.45. The summed E-state index contributed by atoms with van der Waals surface area (Å²) < 4.78 is 0. The Balaban J connectivity index is 0.000000767. The normalized spacial score (nSPS) is 18.6. The molecule has 3 fully saturated rings. The Morgan fingerprint density at radius 3 is 0.709 bits per heavy atom. The third-order valence-corrected chi connectivity index (χ3v) is 13.1. The summed E-state index contributed by atoms with van der Waals surface area (Å²) in [5.74, 6) is 1.99. The number of halogens is 3. The van der Waals surface area contributed by atoms with Gasteiger partial charge in [0.25, 0.3) is 0 Å². The summed E-state index contributed by atoms with van der Waals surface area (Å²) in [4.78, 5) is 0. The Labute approximate surface area is 355 Å². The average molecular weight is 820 g/mol. The summed E-state index contributed by atoms with van der Waals surface area (Å²) in [5, 5.41) is 2.42. The number of hydrogen-bond acceptors (Lipinski definition) is 3. The van der Waals surface area contributed by atoms with E-state index < -0.39 is 0 Å². The Morgan fingerprint density at radius 2 is 0.582 bits per heavy atom. The van der Waals surface area contributed by atoms with Crippen LogP contribution in [0, 0.1) is 17.8 Å². The lowest BCUT2D eigenvalue weighted by Crippen LogP contribution is -2.50. The fourth-order valence-electron chi connectivity index (χ4n) is 8.84. The zero-order chi connectivity index (χ0) is 37.4. The van der Waals surface area contributed by atoms with Gasteiger partial charge in [0.05, 0.1) is 0 Å².